The normalized spacial score (nSPS) is 10.9. The van der Waals surface area contributed by atoms with E-state index in [0.29, 0.717) is 6.61 Å². The molecule has 1 aromatic carbocycles. The number of nitrogens with zero attached hydrogens (tertiary/aromatic N) is 2. The molecule has 17 heavy (non-hydrogen) atoms. The van der Waals surface area contributed by atoms with Gasteiger partial charge in [0.1, 0.15) is 12.4 Å². The topological polar surface area (TPSA) is 27.1 Å². The maximum atomic E-state index is 5.57. The lowest BCUT2D eigenvalue weighted by Crippen LogP contribution is -1.95. The molecule has 1 aromatic heterocycles. The average Bonchev–Trinajstić information content (AvgIpc) is 2.84. The minimum Gasteiger partial charge on any atom is -0.490 e. The molecule has 0 saturated heterocycles. The van der Waals surface area contributed by atoms with Crippen LogP contribution in [0.4, 0.5) is 0 Å². The van der Waals surface area contributed by atoms with Gasteiger partial charge in [-0.05, 0) is 25.1 Å². The van der Waals surface area contributed by atoms with Crippen LogP contribution in [0.15, 0.2) is 55.1 Å². The number of hydrogen-bond acceptors (Lipinski definition) is 2. The Morgan fingerprint density at radius 3 is 2.76 bits per heavy atom. The highest BCUT2D eigenvalue weighted by Crippen LogP contribution is 2.10. The molecule has 0 aliphatic heterocycles. The largest absolute Gasteiger partial charge is 0.490 e. The number of imidazole rings is 1. The number of aromatic nitrogens is 2. The van der Waals surface area contributed by atoms with Crippen LogP contribution in [-0.4, -0.2) is 16.2 Å². The van der Waals surface area contributed by atoms with Gasteiger partial charge in [-0.1, -0.05) is 23.8 Å². The molecule has 0 saturated carbocycles. The zero-order chi connectivity index (χ0) is 11.9. The lowest BCUT2D eigenvalue weighted by molar-refractivity contribution is 0.362. The number of allylic oxidation sites excluding steroid dienone is 1. The molecule has 0 aliphatic carbocycles. The van der Waals surface area contributed by atoms with Crippen molar-refractivity contribution in [3.05, 3.63) is 60.7 Å². The Kier molecular flexibility index (Phi) is 3.97. The van der Waals surface area contributed by atoms with E-state index < -0.39 is 0 Å². The fourth-order valence-corrected chi connectivity index (χ4v) is 1.44. The summed E-state index contributed by atoms with van der Waals surface area (Å²) in [5.41, 5.74) is 1.24. The molecule has 0 N–H and O–H groups in total. The lowest BCUT2D eigenvalue weighted by atomic mass is 10.2. The molecule has 0 fully saturated rings. The van der Waals surface area contributed by atoms with Gasteiger partial charge in [-0.25, -0.2) is 4.98 Å². The van der Waals surface area contributed by atoms with Gasteiger partial charge in [-0.15, -0.1) is 0 Å². The second-order valence-electron chi connectivity index (χ2n) is 3.85. The molecular weight excluding hydrogens is 212 g/mol. The summed E-state index contributed by atoms with van der Waals surface area (Å²) in [5.74, 6) is 0.905. The van der Waals surface area contributed by atoms with Crippen LogP contribution >= 0.6 is 0 Å². The zero-order valence-corrected chi connectivity index (χ0v) is 9.91. The van der Waals surface area contributed by atoms with Gasteiger partial charge in [0.05, 0.1) is 6.33 Å². The van der Waals surface area contributed by atoms with Gasteiger partial charge in [0.15, 0.2) is 0 Å². The van der Waals surface area contributed by atoms with E-state index in [4.69, 9.17) is 4.74 Å². The molecule has 3 nitrogen and oxygen atoms in total. The van der Waals surface area contributed by atoms with E-state index in [0.717, 1.165) is 12.3 Å². The standard InChI is InChI=1S/C14H16N2O/c1-13-4-6-14(7-5-13)17-11-3-2-9-16-10-8-15-12-16/h2-8,10,12H,9,11H2,1H3. The molecule has 2 aromatic rings. The van der Waals surface area contributed by atoms with Crippen LogP contribution in [0.1, 0.15) is 5.56 Å². The molecule has 0 unspecified atom stereocenters. The first-order valence-electron chi connectivity index (χ1n) is 5.65. The summed E-state index contributed by atoms with van der Waals surface area (Å²) in [4.78, 5) is 3.97. The molecule has 0 amide bonds. The van der Waals surface area contributed by atoms with E-state index in [2.05, 4.69) is 18.0 Å². The predicted octanol–water partition coefficient (Wildman–Crippen LogP) is 2.83. The van der Waals surface area contributed by atoms with Crippen molar-refractivity contribution in [2.75, 3.05) is 6.61 Å². The fourth-order valence-electron chi connectivity index (χ4n) is 1.44. The first-order valence-corrected chi connectivity index (χ1v) is 5.65. The van der Waals surface area contributed by atoms with Gasteiger partial charge in [-0.3, -0.25) is 0 Å². The Bertz CT molecular complexity index is 457. The smallest absolute Gasteiger partial charge is 0.119 e. The average molecular weight is 228 g/mol. The third kappa shape index (κ3) is 3.79. The molecule has 1 heterocycles. The number of benzene rings is 1. The number of rotatable bonds is 5. The van der Waals surface area contributed by atoms with Crippen molar-refractivity contribution in [1.82, 2.24) is 9.55 Å². The van der Waals surface area contributed by atoms with Gasteiger partial charge < -0.3 is 9.30 Å². The van der Waals surface area contributed by atoms with Crippen LogP contribution in [0, 0.1) is 6.92 Å². The summed E-state index contributed by atoms with van der Waals surface area (Å²) < 4.78 is 7.57. The zero-order valence-electron chi connectivity index (χ0n) is 9.91. The van der Waals surface area contributed by atoms with Crippen LogP contribution in [0.25, 0.3) is 0 Å². The van der Waals surface area contributed by atoms with Gasteiger partial charge in [-0.2, -0.15) is 0 Å². The quantitative estimate of drug-likeness (QED) is 0.736. The van der Waals surface area contributed by atoms with Crippen LogP contribution < -0.4 is 4.74 Å². The third-order valence-corrected chi connectivity index (χ3v) is 2.41. The number of ether oxygens (including phenoxy) is 1. The van der Waals surface area contributed by atoms with Crippen molar-refractivity contribution in [1.29, 1.82) is 0 Å². The van der Waals surface area contributed by atoms with Crippen molar-refractivity contribution < 1.29 is 4.74 Å². The van der Waals surface area contributed by atoms with Crippen LogP contribution in [0.5, 0.6) is 5.75 Å². The summed E-state index contributed by atoms with van der Waals surface area (Å²) in [6.45, 7) is 3.49. The maximum Gasteiger partial charge on any atom is 0.119 e. The van der Waals surface area contributed by atoms with E-state index >= 15 is 0 Å². The Balaban J connectivity index is 1.72. The van der Waals surface area contributed by atoms with Gasteiger partial charge in [0.25, 0.3) is 0 Å². The van der Waals surface area contributed by atoms with Gasteiger partial charge in [0.2, 0.25) is 0 Å². The van der Waals surface area contributed by atoms with Crippen LogP contribution in [-0.2, 0) is 6.54 Å². The van der Waals surface area contributed by atoms with E-state index in [9.17, 15) is 0 Å². The van der Waals surface area contributed by atoms with Crippen molar-refractivity contribution in [3.8, 4) is 5.75 Å². The first-order chi connectivity index (χ1) is 8.34. The van der Waals surface area contributed by atoms with E-state index in [1.165, 1.54) is 5.56 Å². The molecule has 0 aliphatic rings. The van der Waals surface area contributed by atoms with Gasteiger partial charge in [0, 0.05) is 18.9 Å². The minimum absolute atomic E-state index is 0.595. The highest BCUT2D eigenvalue weighted by Gasteiger charge is 1.90. The highest BCUT2D eigenvalue weighted by molar-refractivity contribution is 5.26. The number of aryl methyl sites for hydroxylation is 1. The third-order valence-electron chi connectivity index (χ3n) is 2.41. The van der Waals surface area contributed by atoms with Crippen molar-refractivity contribution in [3.63, 3.8) is 0 Å². The fraction of sp³-hybridized carbons (Fsp3) is 0.214. The van der Waals surface area contributed by atoms with Crippen LogP contribution in [0.2, 0.25) is 0 Å². The predicted molar refractivity (Wildman–Crippen MR) is 68.0 cm³/mol. The summed E-state index contributed by atoms with van der Waals surface area (Å²) >= 11 is 0. The Hall–Kier alpha value is -2.03. The molecule has 0 spiro atoms. The molecule has 88 valence electrons. The van der Waals surface area contributed by atoms with E-state index in [1.54, 1.807) is 12.5 Å². The summed E-state index contributed by atoms with van der Waals surface area (Å²) in [5, 5.41) is 0. The maximum absolute atomic E-state index is 5.57. The summed E-state index contributed by atoms with van der Waals surface area (Å²) in [7, 11) is 0. The summed E-state index contributed by atoms with van der Waals surface area (Å²) in [6.07, 6.45) is 9.59. The van der Waals surface area contributed by atoms with E-state index in [1.807, 2.05) is 41.1 Å². The molecule has 0 atom stereocenters. The monoisotopic (exact) mass is 228 g/mol. The minimum atomic E-state index is 0.595. The lowest BCUT2D eigenvalue weighted by Gasteiger charge is -2.02. The van der Waals surface area contributed by atoms with Crippen molar-refractivity contribution in [2.24, 2.45) is 0 Å². The Morgan fingerprint density at radius 2 is 2.06 bits per heavy atom. The summed E-state index contributed by atoms with van der Waals surface area (Å²) in [6, 6.07) is 8.06. The molecule has 0 radical (unpaired) electrons. The molecule has 3 heteroatoms. The number of hydrogen-bond donors (Lipinski definition) is 0. The second-order valence-corrected chi connectivity index (χ2v) is 3.85. The second kappa shape index (κ2) is 5.89. The Morgan fingerprint density at radius 1 is 1.24 bits per heavy atom. The Labute approximate surface area is 101 Å². The highest BCUT2D eigenvalue weighted by atomic mass is 16.5. The SMILES string of the molecule is Cc1ccc(OCC=CCn2ccnc2)cc1. The molecular formula is C14H16N2O. The molecule has 2 rings (SSSR count). The van der Waals surface area contributed by atoms with E-state index in [-0.39, 0.29) is 0 Å². The van der Waals surface area contributed by atoms with Crippen molar-refractivity contribution >= 4 is 0 Å². The van der Waals surface area contributed by atoms with Gasteiger partial charge >= 0.3 is 0 Å². The van der Waals surface area contributed by atoms with Crippen LogP contribution in [0.3, 0.4) is 0 Å². The van der Waals surface area contributed by atoms with Crippen molar-refractivity contribution in [2.45, 2.75) is 13.5 Å². The first kappa shape index (κ1) is 11.5. The molecule has 0 bridgehead atoms.